The summed E-state index contributed by atoms with van der Waals surface area (Å²) in [6.45, 7) is 1.76. The van der Waals surface area contributed by atoms with Crippen molar-refractivity contribution in [1.29, 1.82) is 0 Å². The summed E-state index contributed by atoms with van der Waals surface area (Å²) in [7, 11) is 0. The smallest absolute Gasteiger partial charge is 0.316 e. The van der Waals surface area contributed by atoms with E-state index >= 15 is 0 Å². The minimum absolute atomic E-state index is 0.247. The Morgan fingerprint density at radius 2 is 1.58 bits per heavy atom. The number of rotatable bonds is 3. The van der Waals surface area contributed by atoms with Crippen LogP contribution in [0, 0.1) is 6.92 Å². The summed E-state index contributed by atoms with van der Waals surface area (Å²) in [6, 6.07) is 9.25. The Bertz CT molecular complexity index is 602. The summed E-state index contributed by atoms with van der Waals surface area (Å²) in [6.07, 6.45) is 0. The topological polar surface area (TPSA) is 97.4 Å². The van der Waals surface area contributed by atoms with E-state index in [0.717, 1.165) is 0 Å². The molecule has 1 heterocycles. The van der Waals surface area contributed by atoms with Gasteiger partial charge in [0.15, 0.2) is 5.76 Å². The number of furan rings is 1. The largest absolute Gasteiger partial charge is 0.456 e. The molecule has 0 saturated heterocycles. The Balaban J connectivity index is 2.03. The molecule has 2 rings (SSSR count). The molecule has 0 radical (unpaired) electrons. The highest BCUT2D eigenvalue weighted by molar-refractivity contribution is 6.02. The van der Waals surface area contributed by atoms with Crippen LogP contribution in [0.1, 0.15) is 16.3 Å². The number of nitrogens with two attached hydrogens (primary N) is 1. The van der Waals surface area contributed by atoms with Gasteiger partial charge in [0.1, 0.15) is 5.76 Å². The predicted octanol–water partition coefficient (Wildman–Crippen LogP) is 2.33. The molecule has 98 valence electrons. The third-order valence-corrected chi connectivity index (χ3v) is 2.37. The van der Waals surface area contributed by atoms with E-state index < -0.39 is 6.03 Å². The normalized spacial score (nSPS) is 9.95. The highest BCUT2D eigenvalue weighted by atomic mass is 16.3. The van der Waals surface area contributed by atoms with E-state index in [0.29, 0.717) is 17.1 Å². The molecule has 1 aromatic heterocycles. The van der Waals surface area contributed by atoms with Gasteiger partial charge in [0.2, 0.25) is 0 Å². The summed E-state index contributed by atoms with van der Waals surface area (Å²) in [5.41, 5.74) is 6.14. The molecule has 2 aromatic rings. The van der Waals surface area contributed by atoms with Crippen molar-refractivity contribution in [3.63, 3.8) is 0 Å². The van der Waals surface area contributed by atoms with Crippen molar-refractivity contribution < 1.29 is 14.0 Å². The summed E-state index contributed by atoms with van der Waals surface area (Å²) in [5, 5.41) is 5.10. The lowest BCUT2D eigenvalue weighted by molar-refractivity contribution is 0.0995. The minimum Gasteiger partial charge on any atom is -0.456 e. The van der Waals surface area contributed by atoms with Crippen LogP contribution < -0.4 is 16.4 Å². The SMILES string of the molecule is Cc1ccc(C(=O)Nc2ccc(NC(N)=O)cc2)o1. The molecule has 0 aliphatic rings. The highest BCUT2D eigenvalue weighted by Gasteiger charge is 2.09. The molecule has 0 bridgehead atoms. The zero-order valence-corrected chi connectivity index (χ0v) is 10.3. The number of benzene rings is 1. The van der Waals surface area contributed by atoms with Gasteiger partial charge in [-0.1, -0.05) is 0 Å². The van der Waals surface area contributed by atoms with Gasteiger partial charge in [0, 0.05) is 11.4 Å². The van der Waals surface area contributed by atoms with Crippen molar-refractivity contribution in [3.05, 3.63) is 47.9 Å². The van der Waals surface area contributed by atoms with Crippen molar-refractivity contribution in [2.24, 2.45) is 5.73 Å². The van der Waals surface area contributed by atoms with E-state index in [2.05, 4.69) is 10.6 Å². The molecule has 0 aliphatic carbocycles. The van der Waals surface area contributed by atoms with Gasteiger partial charge in [-0.05, 0) is 43.3 Å². The Labute approximate surface area is 109 Å². The van der Waals surface area contributed by atoms with Crippen LogP contribution in [0.2, 0.25) is 0 Å². The first-order chi connectivity index (χ1) is 9.04. The van der Waals surface area contributed by atoms with Crippen molar-refractivity contribution in [3.8, 4) is 0 Å². The molecular weight excluding hydrogens is 246 g/mol. The molecule has 19 heavy (non-hydrogen) atoms. The van der Waals surface area contributed by atoms with Crippen LogP contribution in [0.3, 0.4) is 0 Å². The van der Waals surface area contributed by atoms with E-state index in [1.54, 1.807) is 43.3 Å². The van der Waals surface area contributed by atoms with Crippen LogP contribution in [-0.4, -0.2) is 11.9 Å². The molecule has 0 atom stereocenters. The fraction of sp³-hybridized carbons (Fsp3) is 0.0769. The molecule has 0 saturated carbocycles. The lowest BCUT2D eigenvalue weighted by Gasteiger charge is -2.05. The van der Waals surface area contributed by atoms with Crippen LogP contribution >= 0.6 is 0 Å². The maximum atomic E-state index is 11.8. The Kier molecular flexibility index (Phi) is 3.51. The molecule has 6 nitrogen and oxygen atoms in total. The summed E-state index contributed by atoms with van der Waals surface area (Å²) < 4.78 is 5.21. The number of carbonyl (C=O) groups is 2. The number of aryl methyl sites for hydroxylation is 1. The number of primary amides is 1. The average Bonchev–Trinajstić information content (AvgIpc) is 2.78. The lowest BCUT2D eigenvalue weighted by Crippen LogP contribution is -2.19. The highest BCUT2D eigenvalue weighted by Crippen LogP contribution is 2.15. The third kappa shape index (κ3) is 3.35. The maximum Gasteiger partial charge on any atom is 0.316 e. The fourth-order valence-corrected chi connectivity index (χ4v) is 1.53. The number of carbonyl (C=O) groups excluding carboxylic acids is 2. The molecule has 0 aliphatic heterocycles. The average molecular weight is 259 g/mol. The van der Waals surface area contributed by atoms with Crippen molar-refractivity contribution in [2.75, 3.05) is 10.6 Å². The number of anilines is 2. The van der Waals surface area contributed by atoms with Crippen molar-refractivity contribution in [2.45, 2.75) is 6.92 Å². The monoisotopic (exact) mass is 259 g/mol. The molecule has 0 fully saturated rings. The van der Waals surface area contributed by atoms with Gasteiger partial charge in [-0.3, -0.25) is 4.79 Å². The summed E-state index contributed by atoms with van der Waals surface area (Å²) in [5.74, 6) is 0.590. The first kappa shape index (κ1) is 12.7. The van der Waals surface area contributed by atoms with Crippen LogP contribution in [-0.2, 0) is 0 Å². The van der Waals surface area contributed by atoms with Gasteiger partial charge < -0.3 is 20.8 Å². The first-order valence-electron chi connectivity index (χ1n) is 5.59. The predicted molar refractivity (Wildman–Crippen MR) is 71.0 cm³/mol. The summed E-state index contributed by atoms with van der Waals surface area (Å²) >= 11 is 0. The second-order valence-electron chi connectivity index (χ2n) is 3.93. The van der Waals surface area contributed by atoms with Gasteiger partial charge in [-0.2, -0.15) is 0 Å². The number of hydrogen-bond acceptors (Lipinski definition) is 3. The van der Waals surface area contributed by atoms with E-state index in [4.69, 9.17) is 10.2 Å². The number of hydrogen-bond donors (Lipinski definition) is 3. The zero-order valence-electron chi connectivity index (χ0n) is 10.3. The van der Waals surface area contributed by atoms with E-state index in [9.17, 15) is 9.59 Å². The van der Waals surface area contributed by atoms with Crippen LogP contribution in [0.4, 0.5) is 16.2 Å². The van der Waals surface area contributed by atoms with Crippen molar-refractivity contribution >= 4 is 23.3 Å². The third-order valence-electron chi connectivity index (χ3n) is 2.37. The van der Waals surface area contributed by atoms with Gasteiger partial charge in [-0.15, -0.1) is 0 Å². The molecule has 3 amide bonds. The second kappa shape index (κ2) is 5.26. The zero-order chi connectivity index (χ0) is 13.8. The molecule has 0 unspecified atom stereocenters. The quantitative estimate of drug-likeness (QED) is 0.789. The van der Waals surface area contributed by atoms with Crippen LogP contribution in [0.5, 0.6) is 0 Å². The number of nitrogens with one attached hydrogen (secondary N) is 2. The fourth-order valence-electron chi connectivity index (χ4n) is 1.53. The van der Waals surface area contributed by atoms with Crippen LogP contribution in [0.25, 0.3) is 0 Å². The lowest BCUT2D eigenvalue weighted by atomic mass is 10.2. The van der Waals surface area contributed by atoms with Gasteiger partial charge in [0.25, 0.3) is 5.91 Å². The minimum atomic E-state index is -0.636. The van der Waals surface area contributed by atoms with E-state index in [-0.39, 0.29) is 11.7 Å². The van der Waals surface area contributed by atoms with Gasteiger partial charge in [0.05, 0.1) is 0 Å². The van der Waals surface area contributed by atoms with Crippen LogP contribution in [0.15, 0.2) is 40.8 Å². The van der Waals surface area contributed by atoms with Gasteiger partial charge in [-0.25, -0.2) is 4.79 Å². The van der Waals surface area contributed by atoms with Crippen molar-refractivity contribution in [1.82, 2.24) is 0 Å². The standard InChI is InChI=1S/C13H13N3O3/c1-8-2-7-11(19-8)12(17)15-9-3-5-10(6-4-9)16-13(14)18/h2-7H,1H3,(H,15,17)(H3,14,16,18). The number of amides is 3. The Morgan fingerprint density at radius 1 is 1.00 bits per heavy atom. The molecule has 0 spiro atoms. The maximum absolute atomic E-state index is 11.8. The summed E-state index contributed by atoms with van der Waals surface area (Å²) in [4.78, 5) is 22.4. The Morgan fingerprint density at radius 3 is 2.05 bits per heavy atom. The second-order valence-corrected chi connectivity index (χ2v) is 3.93. The molecule has 1 aromatic carbocycles. The number of urea groups is 1. The molecular formula is C13H13N3O3. The first-order valence-corrected chi connectivity index (χ1v) is 5.59. The van der Waals surface area contributed by atoms with E-state index in [1.165, 1.54) is 0 Å². The Hall–Kier alpha value is -2.76. The van der Waals surface area contributed by atoms with Gasteiger partial charge >= 0.3 is 6.03 Å². The van der Waals surface area contributed by atoms with E-state index in [1.807, 2.05) is 0 Å². The molecule has 6 heteroatoms. The molecule has 4 N–H and O–H groups in total.